The number of likely N-dealkylation sites (tertiary alicyclic amines) is 1. The van der Waals surface area contributed by atoms with Gasteiger partial charge in [0, 0.05) is 25.6 Å². The quantitative estimate of drug-likeness (QED) is 0.738. The zero-order chi connectivity index (χ0) is 9.97. The van der Waals surface area contributed by atoms with Crippen molar-refractivity contribution >= 4 is 17.7 Å². The van der Waals surface area contributed by atoms with Crippen molar-refractivity contribution in [1.82, 2.24) is 4.90 Å². The number of carbonyl (C=O) groups excluding carboxylic acids is 1. The number of aliphatic hydroxyl groups is 1. The maximum absolute atomic E-state index is 11.9. The molecule has 0 aliphatic carbocycles. The normalized spacial score (nSPS) is 28.6. The van der Waals surface area contributed by atoms with Crippen LogP contribution in [-0.2, 0) is 4.79 Å². The fourth-order valence-electron chi connectivity index (χ4n) is 2.00. The smallest absolute Gasteiger partial charge is 0.235 e. The first-order valence-corrected chi connectivity index (χ1v) is 6.37. The number of nitrogens with zero attached hydrogens (tertiary/aromatic N) is 1. The molecular weight excluding hydrogens is 198 g/mol. The van der Waals surface area contributed by atoms with E-state index in [1.54, 1.807) is 11.8 Å². The highest BCUT2D eigenvalue weighted by Crippen LogP contribution is 2.28. The molecule has 0 bridgehead atoms. The summed E-state index contributed by atoms with van der Waals surface area (Å²) in [5.41, 5.74) is 0. The zero-order valence-electron chi connectivity index (χ0n) is 8.32. The second kappa shape index (κ2) is 4.53. The molecule has 2 aliphatic rings. The van der Waals surface area contributed by atoms with Crippen LogP contribution in [-0.4, -0.2) is 46.6 Å². The fraction of sp³-hybridized carbons (Fsp3) is 0.900. The van der Waals surface area contributed by atoms with Crippen LogP contribution in [0.15, 0.2) is 0 Å². The molecule has 2 saturated heterocycles. The van der Waals surface area contributed by atoms with E-state index >= 15 is 0 Å². The Labute approximate surface area is 88.9 Å². The lowest BCUT2D eigenvalue weighted by Crippen LogP contribution is -2.54. The number of thioether (sulfide) groups is 1. The summed E-state index contributed by atoms with van der Waals surface area (Å²) in [6.45, 7) is 1.76. The van der Waals surface area contributed by atoms with Gasteiger partial charge in [0.1, 0.15) is 0 Å². The van der Waals surface area contributed by atoms with Crippen LogP contribution in [0.1, 0.15) is 19.3 Å². The lowest BCUT2D eigenvalue weighted by molar-refractivity contribution is -0.138. The first-order chi connectivity index (χ1) is 6.81. The van der Waals surface area contributed by atoms with Crippen LogP contribution in [0.4, 0.5) is 0 Å². The molecule has 0 aromatic rings. The van der Waals surface area contributed by atoms with Crippen molar-refractivity contribution in [1.29, 1.82) is 0 Å². The molecule has 1 atom stereocenters. The van der Waals surface area contributed by atoms with Gasteiger partial charge in [-0.3, -0.25) is 4.79 Å². The molecule has 3 nitrogen and oxygen atoms in total. The van der Waals surface area contributed by atoms with Gasteiger partial charge in [0.05, 0.1) is 5.25 Å². The van der Waals surface area contributed by atoms with E-state index in [4.69, 9.17) is 5.11 Å². The van der Waals surface area contributed by atoms with Gasteiger partial charge in [-0.15, -0.1) is 11.8 Å². The summed E-state index contributed by atoms with van der Waals surface area (Å²) in [5.74, 6) is 1.78. The van der Waals surface area contributed by atoms with Gasteiger partial charge in [0.25, 0.3) is 0 Å². The van der Waals surface area contributed by atoms with Gasteiger partial charge >= 0.3 is 0 Å². The summed E-state index contributed by atoms with van der Waals surface area (Å²) in [5, 5.41) is 9.06. The number of aliphatic hydroxyl groups excluding tert-OH is 1. The minimum atomic E-state index is 0.211. The molecular formula is C10H17NO2S. The molecule has 2 rings (SSSR count). The van der Waals surface area contributed by atoms with Crippen molar-refractivity contribution in [2.45, 2.75) is 24.5 Å². The fourth-order valence-corrected chi connectivity index (χ4v) is 3.28. The third kappa shape index (κ3) is 2.06. The molecule has 1 amide bonds. The average Bonchev–Trinajstić information content (AvgIpc) is 2.17. The van der Waals surface area contributed by atoms with Crippen LogP contribution in [0.2, 0.25) is 0 Å². The molecule has 80 valence electrons. The molecule has 1 N–H and O–H groups in total. The Hall–Kier alpha value is -0.220. The summed E-state index contributed by atoms with van der Waals surface area (Å²) in [7, 11) is 0. The number of hydrogen-bond acceptors (Lipinski definition) is 3. The van der Waals surface area contributed by atoms with E-state index in [1.165, 1.54) is 12.8 Å². The summed E-state index contributed by atoms with van der Waals surface area (Å²) in [4.78, 5) is 13.8. The van der Waals surface area contributed by atoms with E-state index in [2.05, 4.69) is 0 Å². The predicted octanol–water partition coefficient (Wildman–Crippen LogP) is 0.723. The Kier molecular flexibility index (Phi) is 3.34. The van der Waals surface area contributed by atoms with Crippen LogP contribution in [0.3, 0.4) is 0 Å². The maximum atomic E-state index is 11.9. The van der Waals surface area contributed by atoms with E-state index < -0.39 is 0 Å². The SMILES string of the molecule is O=C(C1CCCCS1)N1CC(CO)C1. The Morgan fingerprint density at radius 3 is 2.79 bits per heavy atom. The molecule has 0 aromatic heterocycles. The number of amides is 1. The number of hydrogen-bond donors (Lipinski definition) is 1. The van der Waals surface area contributed by atoms with E-state index in [1.807, 2.05) is 4.90 Å². The molecule has 0 aromatic carbocycles. The first kappa shape index (κ1) is 10.3. The molecule has 0 saturated carbocycles. The molecule has 2 fully saturated rings. The van der Waals surface area contributed by atoms with Crippen LogP contribution in [0.25, 0.3) is 0 Å². The highest BCUT2D eigenvalue weighted by molar-refractivity contribution is 8.00. The van der Waals surface area contributed by atoms with Gasteiger partial charge in [0.15, 0.2) is 0 Å². The molecule has 4 heteroatoms. The molecule has 1 unspecified atom stereocenters. The Balaban J connectivity index is 1.78. The Morgan fingerprint density at radius 2 is 2.21 bits per heavy atom. The molecule has 0 spiro atoms. The molecule has 2 heterocycles. The van der Waals surface area contributed by atoms with Gasteiger partial charge in [-0.05, 0) is 18.6 Å². The van der Waals surface area contributed by atoms with Crippen molar-refractivity contribution in [3.8, 4) is 0 Å². The van der Waals surface area contributed by atoms with Crippen LogP contribution in [0.5, 0.6) is 0 Å². The monoisotopic (exact) mass is 215 g/mol. The van der Waals surface area contributed by atoms with E-state index in [-0.39, 0.29) is 11.9 Å². The minimum Gasteiger partial charge on any atom is -0.396 e. The maximum Gasteiger partial charge on any atom is 0.235 e. The minimum absolute atomic E-state index is 0.211. The van der Waals surface area contributed by atoms with E-state index in [9.17, 15) is 4.79 Å². The van der Waals surface area contributed by atoms with Gasteiger partial charge in [0.2, 0.25) is 5.91 Å². The van der Waals surface area contributed by atoms with Gasteiger partial charge in [-0.25, -0.2) is 0 Å². The highest BCUT2D eigenvalue weighted by Gasteiger charge is 2.34. The summed E-state index contributed by atoms with van der Waals surface area (Å²) in [6, 6.07) is 0. The topological polar surface area (TPSA) is 40.5 Å². The highest BCUT2D eigenvalue weighted by atomic mass is 32.2. The van der Waals surface area contributed by atoms with Crippen molar-refractivity contribution in [3.63, 3.8) is 0 Å². The predicted molar refractivity (Wildman–Crippen MR) is 57.3 cm³/mol. The van der Waals surface area contributed by atoms with Crippen molar-refractivity contribution in [3.05, 3.63) is 0 Å². The van der Waals surface area contributed by atoms with Crippen molar-refractivity contribution < 1.29 is 9.90 Å². The summed E-state index contributed by atoms with van der Waals surface area (Å²) >= 11 is 1.80. The molecule has 2 aliphatic heterocycles. The van der Waals surface area contributed by atoms with E-state index in [0.29, 0.717) is 11.8 Å². The van der Waals surface area contributed by atoms with Crippen LogP contribution < -0.4 is 0 Å². The first-order valence-electron chi connectivity index (χ1n) is 5.32. The second-order valence-electron chi connectivity index (χ2n) is 4.15. The Bertz CT molecular complexity index is 210. The third-order valence-electron chi connectivity index (χ3n) is 2.98. The van der Waals surface area contributed by atoms with Gasteiger partial charge < -0.3 is 10.0 Å². The van der Waals surface area contributed by atoms with E-state index in [0.717, 1.165) is 25.3 Å². The standard InChI is InChI=1S/C10H17NO2S/c12-7-8-5-11(6-8)10(13)9-3-1-2-4-14-9/h8-9,12H,1-7H2. The lowest BCUT2D eigenvalue weighted by atomic mass is 10.0. The largest absolute Gasteiger partial charge is 0.396 e. The van der Waals surface area contributed by atoms with Crippen LogP contribution >= 0.6 is 11.8 Å². The van der Waals surface area contributed by atoms with Gasteiger partial charge in [-0.2, -0.15) is 0 Å². The number of rotatable bonds is 2. The van der Waals surface area contributed by atoms with Gasteiger partial charge in [-0.1, -0.05) is 6.42 Å². The Morgan fingerprint density at radius 1 is 1.43 bits per heavy atom. The molecule has 14 heavy (non-hydrogen) atoms. The summed E-state index contributed by atoms with van der Waals surface area (Å²) < 4.78 is 0. The summed E-state index contributed by atoms with van der Waals surface area (Å²) in [6.07, 6.45) is 3.50. The van der Waals surface area contributed by atoms with Crippen LogP contribution in [0, 0.1) is 5.92 Å². The third-order valence-corrected chi connectivity index (χ3v) is 4.35. The molecule has 0 radical (unpaired) electrons. The average molecular weight is 215 g/mol. The second-order valence-corrected chi connectivity index (χ2v) is 5.46. The number of carbonyl (C=O) groups is 1. The zero-order valence-corrected chi connectivity index (χ0v) is 9.13. The van der Waals surface area contributed by atoms with Crippen molar-refractivity contribution in [2.75, 3.05) is 25.4 Å². The van der Waals surface area contributed by atoms with Crippen molar-refractivity contribution in [2.24, 2.45) is 5.92 Å². The lowest BCUT2D eigenvalue weighted by Gasteiger charge is -2.40.